The molecule has 0 spiro atoms. The average Bonchev–Trinajstić information content (AvgIpc) is 2.99. The molecular formula is C22H25ClN2O. The van der Waals surface area contributed by atoms with Crippen LogP contribution in [0.15, 0.2) is 54.6 Å². The number of fused-ring (bicyclic) bond motifs is 1. The Balaban J connectivity index is 1.23. The number of nitrogens with zero attached hydrogens (tertiary/aromatic N) is 2. The van der Waals surface area contributed by atoms with Gasteiger partial charge in [0, 0.05) is 36.6 Å². The van der Waals surface area contributed by atoms with E-state index in [4.69, 9.17) is 11.6 Å². The minimum absolute atomic E-state index is 0.242. The van der Waals surface area contributed by atoms with Crippen LogP contribution in [0, 0.1) is 5.92 Å². The number of aryl methyl sites for hydroxylation is 1. The summed E-state index contributed by atoms with van der Waals surface area (Å²) in [7, 11) is 0. The van der Waals surface area contributed by atoms with Crippen LogP contribution in [-0.2, 0) is 17.6 Å². The maximum absolute atomic E-state index is 12.6. The van der Waals surface area contributed by atoms with Crippen molar-refractivity contribution in [1.82, 2.24) is 9.80 Å². The summed E-state index contributed by atoms with van der Waals surface area (Å²) in [6, 6.07) is 18.8. The van der Waals surface area contributed by atoms with E-state index in [1.165, 1.54) is 12.0 Å². The molecule has 2 aromatic rings. The number of hydrogen-bond acceptors (Lipinski definition) is 2. The quantitative estimate of drug-likeness (QED) is 0.776. The zero-order valence-electron chi connectivity index (χ0n) is 15.0. The Hall–Kier alpha value is -1.84. The van der Waals surface area contributed by atoms with Gasteiger partial charge in [-0.05, 0) is 42.6 Å². The van der Waals surface area contributed by atoms with Crippen LogP contribution in [0.2, 0.25) is 5.02 Å². The van der Waals surface area contributed by atoms with Gasteiger partial charge < -0.3 is 4.90 Å². The Labute approximate surface area is 160 Å². The minimum Gasteiger partial charge on any atom is -0.340 e. The fraction of sp³-hybridized carbons (Fsp3) is 0.409. The van der Waals surface area contributed by atoms with Gasteiger partial charge in [-0.2, -0.15) is 0 Å². The zero-order chi connectivity index (χ0) is 17.9. The second-order valence-electron chi connectivity index (χ2n) is 7.51. The van der Waals surface area contributed by atoms with E-state index < -0.39 is 0 Å². The van der Waals surface area contributed by atoms with Gasteiger partial charge in [0.05, 0.1) is 6.42 Å². The first-order valence-corrected chi connectivity index (χ1v) is 9.87. The van der Waals surface area contributed by atoms with Gasteiger partial charge >= 0.3 is 0 Å². The fourth-order valence-electron chi connectivity index (χ4n) is 4.23. The molecule has 0 unspecified atom stereocenters. The topological polar surface area (TPSA) is 23.6 Å². The number of benzene rings is 2. The Morgan fingerprint density at radius 3 is 2.50 bits per heavy atom. The molecule has 2 atom stereocenters. The molecule has 4 heteroatoms. The van der Waals surface area contributed by atoms with Crippen molar-refractivity contribution in [2.75, 3.05) is 26.2 Å². The molecule has 2 heterocycles. The number of halogens is 1. The van der Waals surface area contributed by atoms with Crippen molar-refractivity contribution in [3.05, 3.63) is 70.7 Å². The molecule has 0 saturated carbocycles. The van der Waals surface area contributed by atoms with Gasteiger partial charge in [0.25, 0.3) is 0 Å². The lowest BCUT2D eigenvalue weighted by Crippen LogP contribution is -2.55. The van der Waals surface area contributed by atoms with Crippen LogP contribution in [0.5, 0.6) is 0 Å². The third-order valence-electron chi connectivity index (χ3n) is 5.72. The summed E-state index contributed by atoms with van der Waals surface area (Å²) >= 11 is 5.92. The van der Waals surface area contributed by atoms with E-state index in [0.29, 0.717) is 23.4 Å². The van der Waals surface area contributed by atoms with Crippen LogP contribution in [0.1, 0.15) is 17.5 Å². The molecular weight excluding hydrogens is 344 g/mol. The number of likely N-dealkylation sites (tertiary alicyclic amines) is 2. The van der Waals surface area contributed by atoms with Crippen LogP contribution < -0.4 is 0 Å². The van der Waals surface area contributed by atoms with Crippen molar-refractivity contribution in [2.24, 2.45) is 5.92 Å². The summed E-state index contributed by atoms with van der Waals surface area (Å²) in [4.78, 5) is 17.2. The first-order valence-electron chi connectivity index (χ1n) is 9.49. The normalized spacial score (nSPS) is 22.1. The van der Waals surface area contributed by atoms with Gasteiger partial charge in [0.15, 0.2) is 0 Å². The van der Waals surface area contributed by atoms with Crippen LogP contribution in [0.25, 0.3) is 0 Å². The Morgan fingerprint density at radius 1 is 0.962 bits per heavy atom. The third-order valence-corrected chi connectivity index (χ3v) is 5.97. The smallest absolute Gasteiger partial charge is 0.227 e. The maximum Gasteiger partial charge on any atom is 0.227 e. The van der Waals surface area contributed by atoms with Gasteiger partial charge in [-0.3, -0.25) is 9.69 Å². The Morgan fingerprint density at radius 2 is 1.73 bits per heavy atom. The second-order valence-corrected chi connectivity index (χ2v) is 7.95. The van der Waals surface area contributed by atoms with Crippen molar-refractivity contribution >= 4 is 17.5 Å². The molecule has 2 aliphatic rings. The lowest BCUT2D eigenvalue weighted by atomic mass is 9.91. The van der Waals surface area contributed by atoms with E-state index in [1.807, 2.05) is 24.3 Å². The van der Waals surface area contributed by atoms with Crippen molar-refractivity contribution in [3.8, 4) is 0 Å². The number of rotatable bonds is 6. The van der Waals surface area contributed by atoms with E-state index in [9.17, 15) is 4.79 Å². The minimum atomic E-state index is 0.242. The number of amides is 1. The van der Waals surface area contributed by atoms with Crippen LogP contribution in [-0.4, -0.2) is 47.9 Å². The highest BCUT2D eigenvalue weighted by Crippen LogP contribution is 2.32. The van der Waals surface area contributed by atoms with Gasteiger partial charge in [-0.15, -0.1) is 0 Å². The summed E-state index contributed by atoms with van der Waals surface area (Å²) in [5.41, 5.74) is 2.45. The lowest BCUT2D eigenvalue weighted by molar-refractivity contribution is -0.129. The molecule has 2 fully saturated rings. The summed E-state index contributed by atoms with van der Waals surface area (Å²) in [5, 5.41) is 0.714. The summed E-state index contributed by atoms with van der Waals surface area (Å²) in [6.45, 7) is 4.09. The molecule has 0 aromatic heterocycles. The Kier molecular flexibility index (Phi) is 5.28. The van der Waals surface area contributed by atoms with Crippen LogP contribution >= 0.6 is 11.6 Å². The molecule has 0 aliphatic carbocycles. The highest BCUT2D eigenvalue weighted by atomic mass is 35.5. The molecule has 136 valence electrons. The predicted molar refractivity (Wildman–Crippen MR) is 105 cm³/mol. The fourth-order valence-corrected chi connectivity index (χ4v) is 4.35. The maximum atomic E-state index is 12.6. The zero-order valence-corrected chi connectivity index (χ0v) is 15.7. The number of hydrogen-bond donors (Lipinski definition) is 0. The first kappa shape index (κ1) is 17.6. The monoisotopic (exact) mass is 368 g/mol. The average molecular weight is 369 g/mol. The summed E-state index contributed by atoms with van der Waals surface area (Å²) < 4.78 is 0. The largest absolute Gasteiger partial charge is 0.340 e. The van der Waals surface area contributed by atoms with E-state index in [0.717, 1.165) is 38.2 Å². The standard InChI is InChI=1S/C22H25ClN2O/c23-20-10-8-18(9-11-20)13-22(26)25-15-19-14-24(21(19)16-25)12-4-7-17-5-2-1-3-6-17/h1-3,5-6,8-11,19,21H,4,7,12-16H2/t19-,21-/m0/s1. The molecule has 2 aromatic carbocycles. The molecule has 0 bridgehead atoms. The van der Waals surface area contributed by atoms with E-state index in [-0.39, 0.29) is 5.91 Å². The molecule has 1 amide bonds. The van der Waals surface area contributed by atoms with Crippen molar-refractivity contribution in [3.63, 3.8) is 0 Å². The van der Waals surface area contributed by atoms with Gasteiger partial charge in [-0.1, -0.05) is 54.1 Å². The summed E-state index contributed by atoms with van der Waals surface area (Å²) in [5.74, 6) is 0.909. The van der Waals surface area contributed by atoms with E-state index in [2.05, 4.69) is 40.1 Å². The van der Waals surface area contributed by atoms with Gasteiger partial charge in [0.2, 0.25) is 5.91 Å². The second kappa shape index (κ2) is 7.81. The third kappa shape index (κ3) is 3.94. The molecule has 2 aliphatic heterocycles. The first-order chi connectivity index (χ1) is 12.7. The SMILES string of the molecule is O=C(Cc1ccc(Cl)cc1)N1C[C@@H]2CN(CCCc3ccccc3)[C@H]2C1. The van der Waals surface area contributed by atoms with Crippen LogP contribution in [0.4, 0.5) is 0 Å². The highest BCUT2D eigenvalue weighted by molar-refractivity contribution is 6.30. The molecule has 4 rings (SSSR count). The molecule has 0 N–H and O–H groups in total. The van der Waals surface area contributed by atoms with Crippen molar-refractivity contribution in [2.45, 2.75) is 25.3 Å². The number of carbonyl (C=O) groups is 1. The molecule has 2 saturated heterocycles. The molecule has 26 heavy (non-hydrogen) atoms. The molecule has 3 nitrogen and oxygen atoms in total. The van der Waals surface area contributed by atoms with Crippen molar-refractivity contribution < 1.29 is 4.79 Å². The summed E-state index contributed by atoms with van der Waals surface area (Å²) in [6.07, 6.45) is 2.80. The van der Waals surface area contributed by atoms with Gasteiger partial charge in [-0.25, -0.2) is 0 Å². The predicted octanol–water partition coefficient (Wildman–Crippen LogP) is 3.66. The highest BCUT2D eigenvalue weighted by Gasteiger charge is 2.46. The lowest BCUT2D eigenvalue weighted by Gasteiger charge is -2.43. The van der Waals surface area contributed by atoms with E-state index >= 15 is 0 Å². The number of carbonyl (C=O) groups excluding carboxylic acids is 1. The molecule has 0 radical (unpaired) electrons. The van der Waals surface area contributed by atoms with E-state index in [1.54, 1.807) is 0 Å². The van der Waals surface area contributed by atoms with Gasteiger partial charge in [0.1, 0.15) is 0 Å². The Bertz CT molecular complexity index is 746. The van der Waals surface area contributed by atoms with Crippen LogP contribution in [0.3, 0.4) is 0 Å². The van der Waals surface area contributed by atoms with Crippen molar-refractivity contribution in [1.29, 1.82) is 0 Å².